The fourth-order valence-electron chi connectivity index (χ4n) is 3.25. The summed E-state index contributed by atoms with van der Waals surface area (Å²) in [6.07, 6.45) is -0.220. The first-order chi connectivity index (χ1) is 15.2. The maximum Gasteiger partial charge on any atom is 0.233 e. The van der Waals surface area contributed by atoms with Crippen molar-refractivity contribution in [1.29, 1.82) is 0 Å². The first kappa shape index (κ1) is 21.0. The second-order valence-corrected chi connectivity index (χ2v) is 7.71. The van der Waals surface area contributed by atoms with Crippen LogP contribution in [-0.4, -0.2) is 69.7 Å². The maximum absolute atomic E-state index is 12.9. The number of tetrazole rings is 1. The highest BCUT2D eigenvalue weighted by atomic mass is 32.2. The lowest BCUT2D eigenvalue weighted by Crippen LogP contribution is -2.44. The quantitative estimate of drug-likeness (QED) is 0.493. The lowest BCUT2D eigenvalue weighted by atomic mass is 10.2. The van der Waals surface area contributed by atoms with E-state index in [1.807, 2.05) is 55.5 Å². The number of ether oxygens (including phenoxy) is 3. The zero-order chi connectivity index (χ0) is 21.6. The topological polar surface area (TPSA) is 91.6 Å². The van der Waals surface area contributed by atoms with E-state index in [0.29, 0.717) is 42.0 Å². The third-order valence-electron chi connectivity index (χ3n) is 4.80. The molecule has 2 heterocycles. The molecule has 3 aromatic rings. The molecule has 4 rings (SSSR count). The second-order valence-electron chi connectivity index (χ2n) is 6.76. The van der Waals surface area contributed by atoms with E-state index >= 15 is 0 Å². The number of likely N-dealkylation sites (N-methyl/N-ethyl adjacent to an activating group) is 1. The molecule has 162 valence electrons. The van der Waals surface area contributed by atoms with Gasteiger partial charge in [-0.05, 0) is 41.6 Å². The van der Waals surface area contributed by atoms with E-state index in [4.69, 9.17) is 14.2 Å². The standard InChI is InChI=1S/C21H23N5O4S/c1-3-25(12-15-13-29-18-10-6-7-11-19(18)30-15)20(27)14-31-21-22-23-24-26(21)16-8-4-5-9-17(16)28-2/h4-11,15H,3,12-14H2,1-2H3. The zero-order valence-electron chi connectivity index (χ0n) is 17.3. The van der Waals surface area contributed by atoms with Crippen molar-refractivity contribution in [3.63, 3.8) is 0 Å². The normalized spacial score (nSPS) is 14.8. The highest BCUT2D eigenvalue weighted by Crippen LogP contribution is 2.31. The molecular weight excluding hydrogens is 418 g/mol. The molecule has 1 aliphatic heterocycles. The predicted molar refractivity (Wildman–Crippen MR) is 115 cm³/mol. The van der Waals surface area contributed by atoms with Gasteiger partial charge in [0.1, 0.15) is 18.0 Å². The van der Waals surface area contributed by atoms with Crippen molar-refractivity contribution in [2.45, 2.75) is 18.2 Å². The first-order valence-electron chi connectivity index (χ1n) is 9.90. The summed E-state index contributed by atoms with van der Waals surface area (Å²) in [6, 6.07) is 15.0. The van der Waals surface area contributed by atoms with Crippen LogP contribution in [0, 0.1) is 0 Å². The number of thioether (sulfide) groups is 1. The third kappa shape index (κ3) is 4.74. The van der Waals surface area contributed by atoms with Crippen LogP contribution >= 0.6 is 11.8 Å². The van der Waals surface area contributed by atoms with E-state index in [-0.39, 0.29) is 17.8 Å². The van der Waals surface area contributed by atoms with Crippen molar-refractivity contribution in [3.05, 3.63) is 48.5 Å². The second kappa shape index (κ2) is 9.69. The Hall–Kier alpha value is -3.27. The largest absolute Gasteiger partial charge is 0.494 e. The lowest BCUT2D eigenvalue weighted by molar-refractivity contribution is -0.129. The predicted octanol–water partition coefficient (Wildman–Crippen LogP) is 2.45. The molecule has 0 radical (unpaired) electrons. The first-order valence-corrected chi connectivity index (χ1v) is 10.9. The number of hydrogen-bond acceptors (Lipinski definition) is 8. The van der Waals surface area contributed by atoms with Crippen molar-refractivity contribution < 1.29 is 19.0 Å². The summed E-state index contributed by atoms with van der Waals surface area (Å²) in [5.41, 5.74) is 0.712. The number of carbonyl (C=O) groups is 1. The Bertz CT molecular complexity index is 1040. The van der Waals surface area contributed by atoms with Crippen LogP contribution in [0.5, 0.6) is 17.2 Å². The van der Waals surface area contributed by atoms with Crippen molar-refractivity contribution >= 4 is 17.7 Å². The fraction of sp³-hybridized carbons (Fsp3) is 0.333. The Balaban J connectivity index is 1.38. The molecule has 0 spiro atoms. The Morgan fingerprint density at radius 1 is 1.23 bits per heavy atom. The van der Waals surface area contributed by atoms with Gasteiger partial charge in [0.05, 0.1) is 19.4 Å². The van der Waals surface area contributed by atoms with E-state index in [1.54, 1.807) is 16.7 Å². The molecule has 0 fully saturated rings. The van der Waals surface area contributed by atoms with Gasteiger partial charge in [-0.2, -0.15) is 4.68 Å². The molecule has 1 aliphatic rings. The minimum absolute atomic E-state index is 0.0236. The number of rotatable bonds is 8. The van der Waals surface area contributed by atoms with Crippen molar-refractivity contribution in [2.24, 2.45) is 0 Å². The smallest absolute Gasteiger partial charge is 0.233 e. The number of methoxy groups -OCH3 is 1. The van der Waals surface area contributed by atoms with Crippen LogP contribution in [0.25, 0.3) is 5.69 Å². The summed E-state index contributed by atoms with van der Waals surface area (Å²) in [7, 11) is 1.59. The zero-order valence-corrected chi connectivity index (χ0v) is 18.1. The number of nitrogens with zero attached hydrogens (tertiary/aromatic N) is 5. The molecule has 1 aromatic heterocycles. The van der Waals surface area contributed by atoms with E-state index in [0.717, 1.165) is 5.75 Å². The van der Waals surface area contributed by atoms with Crippen LogP contribution < -0.4 is 14.2 Å². The van der Waals surface area contributed by atoms with Gasteiger partial charge in [0.25, 0.3) is 0 Å². The molecule has 1 atom stereocenters. The summed E-state index contributed by atoms with van der Waals surface area (Å²) >= 11 is 1.28. The van der Waals surface area contributed by atoms with Crippen LogP contribution in [0.15, 0.2) is 53.7 Å². The summed E-state index contributed by atoms with van der Waals surface area (Å²) in [6.45, 7) is 3.36. The minimum Gasteiger partial charge on any atom is -0.494 e. The van der Waals surface area contributed by atoms with E-state index < -0.39 is 0 Å². The van der Waals surface area contributed by atoms with Gasteiger partial charge >= 0.3 is 0 Å². The Kier molecular flexibility index (Phi) is 6.56. The molecular formula is C21H23N5O4S. The van der Waals surface area contributed by atoms with Crippen LogP contribution in [0.3, 0.4) is 0 Å². The Morgan fingerprint density at radius 3 is 2.81 bits per heavy atom. The monoisotopic (exact) mass is 441 g/mol. The SMILES string of the molecule is CCN(CC1COc2ccccc2O1)C(=O)CSc1nnnn1-c1ccccc1OC. The van der Waals surface area contributed by atoms with Gasteiger partial charge in [-0.25, -0.2) is 0 Å². The van der Waals surface area contributed by atoms with Crippen LogP contribution in [0.1, 0.15) is 6.92 Å². The molecule has 10 heteroatoms. The number of para-hydroxylation sites is 4. The molecule has 0 bridgehead atoms. The van der Waals surface area contributed by atoms with Crippen molar-refractivity contribution in [2.75, 3.05) is 32.6 Å². The van der Waals surface area contributed by atoms with Gasteiger partial charge in [0, 0.05) is 6.54 Å². The van der Waals surface area contributed by atoms with Gasteiger partial charge in [0.15, 0.2) is 17.6 Å². The molecule has 0 saturated carbocycles. The third-order valence-corrected chi connectivity index (χ3v) is 5.71. The van der Waals surface area contributed by atoms with Crippen molar-refractivity contribution in [1.82, 2.24) is 25.1 Å². The molecule has 31 heavy (non-hydrogen) atoms. The Morgan fingerprint density at radius 2 is 2.00 bits per heavy atom. The molecule has 1 amide bonds. The van der Waals surface area contributed by atoms with Crippen LogP contribution in [-0.2, 0) is 4.79 Å². The van der Waals surface area contributed by atoms with Gasteiger partial charge < -0.3 is 19.1 Å². The number of fused-ring (bicyclic) bond motifs is 1. The maximum atomic E-state index is 12.9. The summed E-state index contributed by atoms with van der Waals surface area (Å²) in [5.74, 6) is 2.25. The van der Waals surface area contributed by atoms with Gasteiger partial charge in [0.2, 0.25) is 11.1 Å². The van der Waals surface area contributed by atoms with Gasteiger partial charge in [-0.15, -0.1) is 5.10 Å². The number of benzene rings is 2. The minimum atomic E-state index is -0.220. The van der Waals surface area contributed by atoms with E-state index in [9.17, 15) is 4.79 Å². The fourth-order valence-corrected chi connectivity index (χ4v) is 4.04. The van der Waals surface area contributed by atoms with Gasteiger partial charge in [-0.1, -0.05) is 36.0 Å². The molecule has 0 N–H and O–H groups in total. The molecule has 2 aromatic carbocycles. The van der Waals surface area contributed by atoms with E-state index in [1.165, 1.54) is 11.8 Å². The average molecular weight is 442 g/mol. The molecule has 0 aliphatic carbocycles. The van der Waals surface area contributed by atoms with Gasteiger partial charge in [-0.3, -0.25) is 4.79 Å². The summed E-state index contributed by atoms with van der Waals surface area (Å²) < 4.78 is 18.7. The number of hydrogen-bond donors (Lipinski definition) is 0. The number of amides is 1. The number of carbonyl (C=O) groups excluding carboxylic acids is 1. The van der Waals surface area contributed by atoms with Crippen molar-refractivity contribution in [3.8, 4) is 22.9 Å². The van der Waals surface area contributed by atoms with Crippen LogP contribution in [0.4, 0.5) is 0 Å². The number of aromatic nitrogens is 4. The Labute approximate surface area is 184 Å². The summed E-state index contributed by atoms with van der Waals surface area (Å²) in [4.78, 5) is 14.6. The highest BCUT2D eigenvalue weighted by Gasteiger charge is 2.25. The molecule has 9 nitrogen and oxygen atoms in total. The van der Waals surface area contributed by atoms with Crippen LogP contribution in [0.2, 0.25) is 0 Å². The average Bonchev–Trinajstić information content (AvgIpc) is 3.29. The summed E-state index contributed by atoms with van der Waals surface area (Å²) in [5, 5.41) is 12.4. The lowest BCUT2D eigenvalue weighted by Gasteiger charge is -2.30. The highest BCUT2D eigenvalue weighted by molar-refractivity contribution is 7.99. The molecule has 1 unspecified atom stereocenters. The molecule has 0 saturated heterocycles. The van der Waals surface area contributed by atoms with E-state index in [2.05, 4.69) is 15.5 Å².